The first kappa shape index (κ1) is 14.2. The Bertz CT molecular complexity index is 171. The summed E-state index contributed by atoms with van der Waals surface area (Å²) in [5, 5.41) is 3.08. The zero-order valence-corrected chi connectivity index (χ0v) is 11.8. The molecule has 0 aliphatic carbocycles. The average molecular weight is 311 g/mol. The van der Waals surface area contributed by atoms with Crippen LogP contribution < -0.4 is 5.32 Å². The number of carbonyl (C=O) groups is 1. The highest BCUT2D eigenvalue weighted by Crippen LogP contribution is 2.09. The van der Waals surface area contributed by atoms with Gasteiger partial charge in [-0.25, -0.2) is 0 Å². The second kappa shape index (κ2) is 7.49. The average Bonchev–Trinajstić information content (AvgIpc) is 2.13. The third-order valence-corrected chi connectivity index (χ3v) is 3.50. The van der Waals surface area contributed by atoms with Crippen molar-refractivity contribution in [2.45, 2.75) is 46.6 Å². The summed E-state index contributed by atoms with van der Waals surface area (Å²) in [7, 11) is 0. The molecule has 1 N–H and O–H groups in total. The molecule has 0 aromatic rings. The lowest BCUT2D eigenvalue weighted by molar-refractivity contribution is -0.122. The Labute approximate surface area is 101 Å². The van der Waals surface area contributed by atoms with Gasteiger partial charge < -0.3 is 5.32 Å². The maximum atomic E-state index is 11.6. The SMILES string of the molecule is CCC(C)CC(=O)NC(CI)C(C)C. The van der Waals surface area contributed by atoms with E-state index < -0.39 is 0 Å². The number of amides is 1. The normalized spacial score (nSPS) is 15.3. The van der Waals surface area contributed by atoms with Crippen molar-refractivity contribution >= 4 is 28.5 Å². The molecule has 0 aliphatic heterocycles. The van der Waals surface area contributed by atoms with Gasteiger partial charge >= 0.3 is 0 Å². The van der Waals surface area contributed by atoms with Gasteiger partial charge in [-0.05, 0) is 11.8 Å². The lowest BCUT2D eigenvalue weighted by Crippen LogP contribution is -2.40. The van der Waals surface area contributed by atoms with Crippen LogP contribution >= 0.6 is 22.6 Å². The van der Waals surface area contributed by atoms with Gasteiger partial charge in [0.25, 0.3) is 0 Å². The summed E-state index contributed by atoms with van der Waals surface area (Å²) >= 11 is 2.33. The van der Waals surface area contributed by atoms with Crippen LogP contribution in [0.25, 0.3) is 0 Å². The lowest BCUT2D eigenvalue weighted by Gasteiger charge is -2.20. The second-order valence-electron chi connectivity index (χ2n) is 4.29. The maximum absolute atomic E-state index is 11.6. The number of hydrogen-bond acceptors (Lipinski definition) is 1. The molecule has 2 atom stereocenters. The minimum atomic E-state index is 0.203. The monoisotopic (exact) mass is 311 g/mol. The number of carbonyl (C=O) groups excluding carboxylic acids is 1. The molecule has 0 aliphatic rings. The van der Waals surface area contributed by atoms with Gasteiger partial charge in [0.1, 0.15) is 0 Å². The van der Waals surface area contributed by atoms with E-state index in [-0.39, 0.29) is 5.91 Å². The van der Waals surface area contributed by atoms with Gasteiger partial charge in [0.15, 0.2) is 0 Å². The van der Waals surface area contributed by atoms with E-state index in [1.54, 1.807) is 0 Å². The molecule has 2 unspecified atom stereocenters. The molecule has 0 aromatic carbocycles. The Kier molecular flexibility index (Phi) is 7.59. The molecule has 0 saturated heterocycles. The Balaban J connectivity index is 3.91. The van der Waals surface area contributed by atoms with Crippen LogP contribution in [0.15, 0.2) is 0 Å². The van der Waals surface area contributed by atoms with Crippen LogP contribution in [-0.4, -0.2) is 16.4 Å². The number of rotatable bonds is 6. The highest BCUT2D eigenvalue weighted by molar-refractivity contribution is 14.1. The first-order chi connectivity index (χ1) is 6.51. The lowest BCUT2D eigenvalue weighted by atomic mass is 10.0. The quantitative estimate of drug-likeness (QED) is 0.593. The summed E-state index contributed by atoms with van der Waals surface area (Å²) in [6.45, 7) is 8.53. The van der Waals surface area contributed by atoms with Crippen LogP contribution in [0.3, 0.4) is 0 Å². The molecule has 3 heteroatoms. The van der Waals surface area contributed by atoms with Crippen LogP contribution in [0, 0.1) is 11.8 Å². The molecule has 0 saturated carbocycles. The number of halogens is 1. The molecule has 2 nitrogen and oxygen atoms in total. The fourth-order valence-electron chi connectivity index (χ4n) is 1.11. The summed E-state index contributed by atoms with van der Waals surface area (Å²) in [6, 6.07) is 0.326. The third-order valence-electron chi connectivity index (χ3n) is 2.55. The predicted octanol–water partition coefficient (Wildman–Crippen LogP) is 3.00. The zero-order valence-electron chi connectivity index (χ0n) is 9.64. The summed E-state index contributed by atoms with van der Waals surface area (Å²) < 4.78 is 0.988. The largest absolute Gasteiger partial charge is 0.352 e. The fraction of sp³-hybridized carbons (Fsp3) is 0.909. The molecule has 0 aromatic heterocycles. The highest BCUT2D eigenvalue weighted by atomic mass is 127. The van der Waals surface area contributed by atoms with Crippen molar-refractivity contribution in [2.24, 2.45) is 11.8 Å². The van der Waals surface area contributed by atoms with Crippen molar-refractivity contribution in [3.05, 3.63) is 0 Å². The highest BCUT2D eigenvalue weighted by Gasteiger charge is 2.15. The summed E-state index contributed by atoms with van der Waals surface area (Å²) in [6.07, 6.45) is 1.74. The van der Waals surface area contributed by atoms with E-state index in [1.165, 1.54) is 0 Å². The molecular weight excluding hydrogens is 289 g/mol. The molecule has 0 fully saturated rings. The molecule has 0 heterocycles. The number of alkyl halides is 1. The standard InChI is InChI=1S/C11H22INO/c1-5-9(4)6-11(14)13-10(7-12)8(2)3/h8-10H,5-7H2,1-4H3,(H,13,14). The fourth-order valence-corrected chi connectivity index (χ4v) is 2.35. The van der Waals surface area contributed by atoms with Crippen LogP contribution in [0.2, 0.25) is 0 Å². The van der Waals surface area contributed by atoms with Crippen molar-refractivity contribution in [1.29, 1.82) is 0 Å². The Hall–Kier alpha value is 0.200. The smallest absolute Gasteiger partial charge is 0.220 e. The minimum Gasteiger partial charge on any atom is -0.352 e. The Morgan fingerprint density at radius 2 is 1.93 bits per heavy atom. The third kappa shape index (κ3) is 5.83. The van der Waals surface area contributed by atoms with Gasteiger partial charge in [0.2, 0.25) is 5.91 Å². The molecular formula is C11H22INO. The second-order valence-corrected chi connectivity index (χ2v) is 5.17. The van der Waals surface area contributed by atoms with Crippen molar-refractivity contribution in [2.75, 3.05) is 4.43 Å². The molecule has 14 heavy (non-hydrogen) atoms. The summed E-state index contributed by atoms with van der Waals surface area (Å²) in [5.41, 5.74) is 0. The van der Waals surface area contributed by atoms with Crippen LogP contribution in [0.1, 0.15) is 40.5 Å². The van der Waals surface area contributed by atoms with Crippen LogP contribution in [0.4, 0.5) is 0 Å². The minimum absolute atomic E-state index is 0.203. The molecule has 0 rings (SSSR count). The molecule has 0 bridgehead atoms. The molecule has 0 spiro atoms. The van der Waals surface area contributed by atoms with Crippen LogP contribution in [-0.2, 0) is 4.79 Å². The van der Waals surface area contributed by atoms with Gasteiger partial charge in [0.05, 0.1) is 0 Å². The van der Waals surface area contributed by atoms with Gasteiger partial charge in [0, 0.05) is 16.9 Å². The van der Waals surface area contributed by atoms with Gasteiger partial charge in [-0.2, -0.15) is 0 Å². The first-order valence-electron chi connectivity index (χ1n) is 5.36. The van der Waals surface area contributed by atoms with Gasteiger partial charge in [-0.1, -0.05) is 56.7 Å². The van der Waals surface area contributed by atoms with E-state index in [2.05, 4.69) is 55.6 Å². The van der Waals surface area contributed by atoms with E-state index in [0.717, 1.165) is 10.8 Å². The van der Waals surface area contributed by atoms with E-state index >= 15 is 0 Å². The van der Waals surface area contributed by atoms with Crippen molar-refractivity contribution in [3.63, 3.8) is 0 Å². The van der Waals surface area contributed by atoms with E-state index in [1.807, 2.05) is 0 Å². The Morgan fingerprint density at radius 1 is 1.36 bits per heavy atom. The van der Waals surface area contributed by atoms with Crippen molar-refractivity contribution in [1.82, 2.24) is 5.32 Å². The summed E-state index contributed by atoms with van der Waals surface area (Å²) in [5.74, 6) is 1.22. The van der Waals surface area contributed by atoms with Crippen molar-refractivity contribution < 1.29 is 4.79 Å². The first-order valence-corrected chi connectivity index (χ1v) is 6.89. The number of hydrogen-bond donors (Lipinski definition) is 1. The zero-order chi connectivity index (χ0) is 11.1. The maximum Gasteiger partial charge on any atom is 0.220 e. The van der Waals surface area contributed by atoms with E-state index in [4.69, 9.17) is 0 Å². The molecule has 0 radical (unpaired) electrons. The van der Waals surface area contributed by atoms with E-state index in [9.17, 15) is 4.79 Å². The summed E-state index contributed by atoms with van der Waals surface area (Å²) in [4.78, 5) is 11.6. The van der Waals surface area contributed by atoms with Gasteiger partial charge in [-0.15, -0.1) is 0 Å². The topological polar surface area (TPSA) is 29.1 Å². The van der Waals surface area contributed by atoms with Crippen LogP contribution in [0.5, 0.6) is 0 Å². The van der Waals surface area contributed by atoms with E-state index in [0.29, 0.717) is 24.3 Å². The molecule has 84 valence electrons. The Morgan fingerprint density at radius 3 is 2.29 bits per heavy atom. The predicted molar refractivity (Wildman–Crippen MR) is 69.7 cm³/mol. The molecule has 1 amide bonds. The number of nitrogens with one attached hydrogen (secondary N) is 1. The van der Waals surface area contributed by atoms with Gasteiger partial charge in [-0.3, -0.25) is 4.79 Å². The van der Waals surface area contributed by atoms with Crippen molar-refractivity contribution in [3.8, 4) is 0 Å².